The smallest absolute Gasteiger partial charge is 0.410 e. The first-order valence-electron chi connectivity index (χ1n) is 5.68. The molecule has 0 aromatic carbocycles. The third-order valence-electron chi connectivity index (χ3n) is 2.60. The summed E-state index contributed by atoms with van der Waals surface area (Å²) in [5.74, 6) is -2.46. The van der Waals surface area contributed by atoms with Crippen LogP contribution in [0.3, 0.4) is 0 Å². The van der Waals surface area contributed by atoms with E-state index in [1.807, 2.05) is 0 Å². The molecule has 0 bridgehead atoms. The van der Waals surface area contributed by atoms with Crippen LogP contribution in [0, 0.1) is 5.92 Å². The van der Waals surface area contributed by atoms with Crippen molar-refractivity contribution in [3.05, 3.63) is 0 Å². The maximum atomic E-state index is 11.8. The van der Waals surface area contributed by atoms with Crippen LogP contribution in [0.5, 0.6) is 0 Å². The Balaban J connectivity index is 2.74. The average Bonchev–Trinajstić information content (AvgIpc) is 2.18. The third kappa shape index (κ3) is 3.58. The number of nitrogens with zero attached hydrogens (tertiary/aromatic N) is 1. The van der Waals surface area contributed by atoms with Crippen molar-refractivity contribution in [2.75, 3.05) is 13.1 Å². The summed E-state index contributed by atoms with van der Waals surface area (Å²) in [4.78, 5) is 23.8. The molecule has 18 heavy (non-hydrogen) atoms. The quantitative estimate of drug-likeness (QED) is 0.596. The number of carboxylic acids is 1. The lowest BCUT2D eigenvalue weighted by Gasteiger charge is -2.37. The molecule has 1 rings (SSSR count). The highest BCUT2D eigenvalue weighted by Crippen LogP contribution is 2.20. The van der Waals surface area contributed by atoms with Crippen molar-refractivity contribution < 1.29 is 29.6 Å². The Kier molecular flexibility index (Phi) is 4.18. The number of piperidine rings is 1. The molecule has 1 heterocycles. The topological polar surface area (TPSA) is 107 Å². The number of amides is 1. The van der Waals surface area contributed by atoms with Gasteiger partial charge in [0.05, 0.1) is 18.8 Å². The van der Waals surface area contributed by atoms with E-state index >= 15 is 0 Å². The minimum Gasteiger partial charge on any atom is -0.481 e. The molecule has 0 spiro atoms. The van der Waals surface area contributed by atoms with Crippen LogP contribution in [-0.2, 0) is 9.53 Å². The minimum absolute atomic E-state index is 0.139. The Morgan fingerprint density at radius 1 is 1.22 bits per heavy atom. The van der Waals surface area contributed by atoms with Gasteiger partial charge in [-0.15, -0.1) is 0 Å². The molecular weight excluding hydrogens is 242 g/mol. The van der Waals surface area contributed by atoms with Crippen LogP contribution in [0.25, 0.3) is 0 Å². The van der Waals surface area contributed by atoms with Crippen LogP contribution < -0.4 is 0 Å². The molecule has 0 aromatic heterocycles. The van der Waals surface area contributed by atoms with Crippen molar-refractivity contribution in [2.24, 2.45) is 5.92 Å². The third-order valence-corrected chi connectivity index (χ3v) is 2.60. The van der Waals surface area contributed by atoms with E-state index in [1.54, 1.807) is 20.8 Å². The number of β-amino-alcohol motifs (C(OH)–C–C–N with tert-alkyl or cyclic N) is 1. The zero-order valence-corrected chi connectivity index (χ0v) is 10.7. The lowest BCUT2D eigenvalue weighted by Crippen LogP contribution is -2.57. The zero-order chi connectivity index (χ0) is 14.1. The van der Waals surface area contributed by atoms with Crippen LogP contribution in [0.2, 0.25) is 0 Å². The van der Waals surface area contributed by atoms with E-state index in [1.165, 1.54) is 0 Å². The fourth-order valence-corrected chi connectivity index (χ4v) is 1.72. The van der Waals surface area contributed by atoms with Gasteiger partial charge in [0.25, 0.3) is 0 Å². The van der Waals surface area contributed by atoms with Gasteiger partial charge in [-0.3, -0.25) is 4.79 Å². The summed E-state index contributed by atoms with van der Waals surface area (Å²) in [6.45, 7) is 4.75. The van der Waals surface area contributed by atoms with Gasteiger partial charge in [0.2, 0.25) is 0 Å². The highest BCUT2D eigenvalue weighted by atomic mass is 16.6. The summed E-state index contributed by atoms with van der Waals surface area (Å²) >= 11 is 0. The molecule has 1 fully saturated rings. The van der Waals surface area contributed by atoms with E-state index < -0.39 is 35.8 Å². The van der Waals surface area contributed by atoms with E-state index in [0.29, 0.717) is 0 Å². The van der Waals surface area contributed by atoms with Crippen molar-refractivity contribution in [3.8, 4) is 0 Å². The van der Waals surface area contributed by atoms with Crippen molar-refractivity contribution in [1.82, 2.24) is 4.90 Å². The number of rotatable bonds is 1. The molecule has 3 N–H and O–H groups in total. The number of carboxylic acid groups (broad SMARTS) is 1. The number of carbonyl (C=O) groups is 2. The summed E-state index contributed by atoms with van der Waals surface area (Å²) in [5.41, 5.74) is -0.698. The number of ether oxygens (including phenoxy) is 1. The van der Waals surface area contributed by atoms with Gasteiger partial charge in [0.1, 0.15) is 11.5 Å². The predicted octanol–water partition coefficient (Wildman–Crippen LogP) is -0.340. The zero-order valence-electron chi connectivity index (χ0n) is 10.7. The van der Waals surface area contributed by atoms with Gasteiger partial charge in [-0.05, 0) is 20.8 Å². The number of carbonyl (C=O) groups excluding carboxylic acids is 1. The number of aliphatic carboxylic acids is 1. The summed E-state index contributed by atoms with van der Waals surface area (Å²) in [6, 6.07) is 0. The van der Waals surface area contributed by atoms with Crippen LogP contribution in [0.4, 0.5) is 4.79 Å². The Hall–Kier alpha value is -1.34. The second-order valence-corrected chi connectivity index (χ2v) is 5.39. The molecule has 1 amide bonds. The van der Waals surface area contributed by atoms with E-state index in [9.17, 15) is 19.8 Å². The normalized spacial score (nSPS) is 28.9. The SMILES string of the molecule is CC(C)(C)OC(=O)N1CC(O)C(O)C(C(=O)O)C1. The van der Waals surface area contributed by atoms with E-state index in [0.717, 1.165) is 4.90 Å². The first-order chi connectivity index (χ1) is 8.11. The molecule has 0 radical (unpaired) electrons. The van der Waals surface area contributed by atoms with Crippen LogP contribution >= 0.6 is 0 Å². The fourth-order valence-electron chi connectivity index (χ4n) is 1.72. The molecule has 104 valence electrons. The molecule has 3 unspecified atom stereocenters. The van der Waals surface area contributed by atoms with Crippen molar-refractivity contribution in [3.63, 3.8) is 0 Å². The molecule has 7 nitrogen and oxygen atoms in total. The first kappa shape index (κ1) is 14.7. The predicted molar refractivity (Wildman–Crippen MR) is 60.9 cm³/mol. The van der Waals surface area contributed by atoms with Crippen LogP contribution in [-0.4, -0.2) is 63.2 Å². The van der Waals surface area contributed by atoms with Gasteiger partial charge in [-0.1, -0.05) is 0 Å². The van der Waals surface area contributed by atoms with Gasteiger partial charge in [0, 0.05) is 6.54 Å². The van der Waals surface area contributed by atoms with Gasteiger partial charge < -0.3 is 25.0 Å². The molecule has 0 saturated carbocycles. The molecule has 3 atom stereocenters. The number of aliphatic hydroxyl groups excluding tert-OH is 2. The highest BCUT2D eigenvalue weighted by Gasteiger charge is 2.41. The van der Waals surface area contributed by atoms with E-state index in [2.05, 4.69) is 0 Å². The van der Waals surface area contributed by atoms with Gasteiger partial charge in [-0.25, -0.2) is 4.79 Å². The molecule has 1 aliphatic heterocycles. The lowest BCUT2D eigenvalue weighted by atomic mass is 9.93. The number of likely N-dealkylation sites (tertiary alicyclic amines) is 1. The summed E-state index contributed by atoms with van der Waals surface area (Å²) in [6.07, 6.45) is -3.35. The second-order valence-electron chi connectivity index (χ2n) is 5.39. The molecule has 1 saturated heterocycles. The number of aliphatic hydroxyl groups is 2. The summed E-state index contributed by atoms with van der Waals surface area (Å²) in [7, 11) is 0. The highest BCUT2D eigenvalue weighted by molar-refractivity contribution is 5.74. The van der Waals surface area contributed by atoms with Crippen LogP contribution in [0.15, 0.2) is 0 Å². The van der Waals surface area contributed by atoms with Crippen molar-refractivity contribution >= 4 is 12.1 Å². The Morgan fingerprint density at radius 3 is 2.22 bits per heavy atom. The molecule has 1 aliphatic rings. The monoisotopic (exact) mass is 261 g/mol. The molecule has 7 heteroatoms. The lowest BCUT2D eigenvalue weighted by molar-refractivity contribution is -0.155. The number of hydrogen-bond donors (Lipinski definition) is 3. The Morgan fingerprint density at radius 2 is 1.78 bits per heavy atom. The Bertz CT molecular complexity index is 337. The first-order valence-corrected chi connectivity index (χ1v) is 5.68. The van der Waals surface area contributed by atoms with Gasteiger partial charge in [-0.2, -0.15) is 0 Å². The van der Waals surface area contributed by atoms with Crippen molar-refractivity contribution in [1.29, 1.82) is 0 Å². The standard InChI is InChI=1S/C11H19NO6/c1-11(2,3)18-10(17)12-4-6(9(15)16)8(14)7(13)5-12/h6-8,13-14H,4-5H2,1-3H3,(H,15,16). The van der Waals surface area contributed by atoms with Gasteiger partial charge >= 0.3 is 12.1 Å². The molecule has 0 aliphatic carbocycles. The van der Waals surface area contributed by atoms with Gasteiger partial charge in [0.15, 0.2) is 0 Å². The van der Waals surface area contributed by atoms with E-state index in [4.69, 9.17) is 9.84 Å². The van der Waals surface area contributed by atoms with E-state index in [-0.39, 0.29) is 13.1 Å². The fraction of sp³-hybridized carbons (Fsp3) is 0.818. The molecule has 0 aromatic rings. The van der Waals surface area contributed by atoms with Crippen LogP contribution in [0.1, 0.15) is 20.8 Å². The minimum atomic E-state index is -1.37. The maximum Gasteiger partial charge on any atom is 0.410 e. The number of hydrogen-bond acceptors (Lipinski definition) is 5. The Labute approximate surface area is 105 Å². The second kappa shape index (κ2) is 5.11. The maximum absolute atomic E-state index is 11.8. The summed E-state index contributed by atoms with van der Waals surface area (Å²) < 4.78 is 5.09. The van der Waals surface area contributed by atoms with Crippen molar-refractivity contribution in [2.45, 2.75) is 38.6 Å². The average molecular weight is 261 g/mol. The largest absolute Gasteiger partial charge is 0.481 e. The molecular formula is C11H19NO6. The summed E-state index contributed by atoms with van der Waals surface area (Å²) in [5, 5.41) is 28.0.